The number of esters is 1. The zero-order chi connectivity index (χ0) is 17.9. The minimum absolute atomic E-state index is 0.101. The first-order valence-electron chi connectivity index (χ1n) is 7.56. The Morgan fingerprint density at radius 1 is 1.12 bits per heavy atom. The molecule has 0 amide bonds. The van der Waals surface area contributed by atoms with Crippen molar-refractivity contribution in [3.63, 3.8) is 0 Å². The Balaban J connectivity index is 2.07. The van der Waals surface area contributed by atoms with E-state index in [2.05, 4.69) is 36.7 Å². The molecule has 0 unspecified atom stereocenters. The molecule has 2 aromatic rings. The first-order chi connectivity index (χ1) is 11.2. The fourth-order valence-corrected chi connectivity index (χ4v) is 2.82. The first-order valence-corrected chi connectivity index (χ1v) is 8.73. The summed E-state index contributed by atoms with van der Waals surface area (Å²) in [6.45, 7) is 7.96. The number of ether oxygens (including phenoxy) is 2. The van der Waals surface area contributed by atoms with Crippen molar-refractivity contribution < 1.29 is 14.3 Å². The van der Waals surface area contributed by atoms with E-state index in [1.165, 1.54) is 0 Å². The Hall–Kier alpha value is -1.52. The van der Waals surface area contributed by atoms with Gasteiger partial charge in [-0.3, -0.25) is 0 Å². The summed E-state index contributed by atoms with van der Waals surface area (Å²) in [5.41, 5.74) is 1.72. The van der Waals surface area contributed by atoms with Crippen molar-refractivity contribution in [2.45, 2.75) is 33.1 Å². The van der Waals surface area contributed by atoms with Gasteiger partial charge < -0.3 is 9.47 Å². The summed E-state index contributed by atoms with van der Waals surface area (Å²) >= 11 is 9.37. The number of benzene rings is 2. The molecule has 0 saturated heterocycles. The Labute approximate surface area is 156 Å². The maximum atomic E-state index is 12.1. The van der Waals surface area contributed by atoms with Crippen molar-refractivity contribution in [1.82, 2.24) is 0 Å². The predicted octanol–water partition coefficient (Wildman–Crippen LogP) is 5.69. The zero-order valence-electron chi connectivity index (χ0n) is 14.2. The fraction of sp³-hybridized carbons (Fsp3) is 0.316. The molecule has 5 heteroatoms. The molecule has 0 aromatic heterocycles. The average Bonchev–Trinajstić information content (AvgIpc) is 2.48. The molecular formula is C19H20BrClO3. The summed E-state index contributed by atoms with van der Waals surface area (Å²) in [7, 11) is 0. The van der Waals surface area contributed by atoms with Gasteiger partial charge in [-0.2, -0.15) is 0 Å². The standard InChI is InChI=1S/C19H20BrClO3/c1-12-9-14(21)6-8-16(12)24-18(22)11-23-17-7-5-13(20)10-15(17)19(2,3)4/h5-10H,11H2,1-4H3. The number of halogens is 2. The quantitative estimate of drug-likeness (QED) is 0.479. The molecule has 0 saturated carbocycles. The summed E-state index contributed by atoms with van der Waals surface area (Å²) in [6, 6.07) is 10.9. The summed E-state index contributed by atoms with van der Waals surface area (Å²) in [5.74, 6) is 0.707. The number of hydrogen-bond acceptors (Lipinski definition) is 3. The van der Waals surface area contributed by atoms with Gasteiger partial charge in [0.25, 0.3) is 0 Å². The van der Waals surface area contributed by atoms with Crippen LogP contribution in [0.5, 0.6) is 11.5 Å². The lowest BCUT2D eigenvalue weighted by Crippen LogP contribution is -2.20. The molecule has 0 aliphatic rings. The third-order valence-corrected chi connectivity index (χ3v) is 4.18. The summed E-state index contributed by atoms with van der Waals surface area (Å²) in [4.78, 5) is 12.1. The molecular weight excluding hydrogens is 392 g/mol. The lowest BCUT2D eigenvalue weighted by molar-refractivity contribution is -0.136. The van der Waals surface area contributed by atoms with E-state index in [0.29, 0.717) is 16.5 Å². The maximum absolute atomic E-state index is 12.1. The minimum atomic E-state index is -0.455. The van der Waals surface area contributed by atoms with Crippen LogP contribution in [0.1, 0.15) is 31.9 Å². The zero-order valence-corrected chi connectivity index (χ0v) is 16.5. The van der Waals surface area contributed by atoms with Crippen molar-refractivity contribution in [3.05, 3.63) is 57.0 Å². The number of rotatable bonds is 4. The van der Waals surface area contributed by atoms with Crippen molar-refractivity contribution in [1.29, 1.82) is 0 Å². The van der Waals surface area contributed by atoms with Crippen molar-refractivity contribution in [2.24, 2.45) is 0 Å². The topological polar surface area (TPSA) is 35.5 Å². The maximum Gasteiger partial charge on any atom is 0.349 e. The smallest absolute Gasteiger partial charge is 0.349 e. The van der Waals surface area contributed by atoms with E-state index in [9.17, 15) is 4.79 Å². The highest BCUT2D eigenvalue weighted by Crippen LogP contribution is 2.33. The summed E-state index contributed by atoms with van der Waals surface area (Å²) < 4.78 is 12.0. The second kappa shape index (κ2) is 7.58. The van der Waals surface area contributed by atoms with Crippen LogP contribution < -0.4 is 9.47 Å². The van der Waals surface area contributed by atoms with Gasteiger partial charge in [0, 0.05) is 15.1 Å². The third kappa shape index (κ3) is 4.99. The highest BCUT2D eigenvalue weighted by molar-refractivity contribution is 9.10. The molecule has 3 nitrogen and oxygen atoms in total. The summed E-state index contributed by atoms with van der Waals surface area (Å²) in [5, 5.41) is 0.605. The largest absolute Gasteiger partial charge is 0.482 e. The van der Waals surface area contributed by atoms with Gasteiger partial charge in [0.2, 0.25) is 0 Å². The second-order valence-corrected chi connectivity index (χ2v) is 7.92. The molecule has 0 radical (unpaired) electrons. The van der Waals surface area contributed by atoms with Gasteiger partial charge in [-0.15, -0.1) is 0 Å². The molecule has 0 atom stereocenters. The van der Waals surface area contributed by atoms with Gasteiger partial charge in [0.05, 0.1) is 0 Å². The normalized spacial score (nSPS) is 11.2. The Bertz CT molecular complexity index is 751. The van der Waals surface area contributed by atoms with E-state index < -0.39 is 5.97 Å². The number of aryl methyl sites for hydroxylation is 1. The van der Waals surface area contributed by atoms with E-state index in [1.807, 2.05) is 25.1 Å². The van der Waals surface area contributed by atoms with E-state index in [1.54, 1.807) is 18.2 Å². The van der Waals surface area contributed by atoms with Gasteiger partial charge in [-0.1, -0.05) is 48.3 Å². The predicted molar refractivity (Wildman–Crippen MR) is 100 cm³/mol. The molecule has 0 aliphatic carbocycles. The van der Waals surface area contributed by atoms with Crippen LogP contribution in [0, 0.1) is 6.92 Å². The first kappa shape index (κ1) is 18.8. The summed E-state index contributed by atoms with van der Waals surface area (Å²) in [6.07, 6.45) is 0. The van der Waals surface area contributed by atoms with Crippen LogP contribution in [0.25, 0.3) is 0 Å². The molecule has 2 rings (SSSR count). The second-order valence-electron chi connectivity index (χ2n) is 6.56. The van der Waals surface area contributed by atoms with Crippen LogP contribution in [0.2, 0.25) is 5.02 Å². The van der Waals surface area contributed by atoms with Crippen LogP contribution in [-0.4, -0.2) is 12.6 Å². The van der Waals surface area contributed by atoms with Gasteiger partial charge in [-0.25, -0.2) is 4.79 Å². The Morgan fingerprint density at radius 2 is 1.79 bits per heavy atom. The van der Waals surface area contributed by atoms with Crippen LogP contribution >= 0.6 is 27.5 Å². The van der Waals surface area contributed by atoms with Crippen LogP contribution in [0.15, 0.2) is 40.9 Å². The molecule has 0 N–H and O–H groups in total. The fourth-order valence-electron chi connectivity index (χ4n) is 2.23. The highest BCUT2D eigenvalue weighted by atomic mass is 79.9. The van der Waals surface area contributed by atoms with E-state index in [0.717, 1.165) is 15.6 Å². The van der Waals surface area contributed by atoms with Crippen molar-refractivity contribution in [2.75, 3.05) is 6.61 Å². The van der Waals surface area contributed by atoms with Gasteiger partial charge in [-0.05, 0) is 54.3 Å². The number of hydrogen-bond donors (Lipinski definition) is 0. The number of carbonyl (C=O) groups excluding carboxylic acids is 1. The van der Waals surface area contributed by atoms with E-state index in [-0.39, 0.29) is 12.0 Å². The van der Waals surface area contributed by atoms with E-state index in [4.69, 9.17) is 21.1 Å². The average molecular weight is 412 g/mol. The Kier molecular flexibility index (Phi) is 5.94. The molecule has 0 spiro atoms. The Morgan fingerprint density at radius 3 is 2.42 bits per heavy atom. The molecule has 0 bridgehead atoms. The van der Waals surface area contributed by atoms with Crippen LogP contribution in [-0.2, 0) is 10.2 Å². The monoisotopic (exact) mass is 410 g/mol. The SMILES string of the molecule is Cc1cc(Cl)ccc1OC(=O)COc1ccc(Br)cc1C(C)(C)C. The van der Waals surface area contributed by atoms with Crippen LogP contribution in [0.3, 0.4) is 0 Å². The van der Waals surface area contributed by atoms with E-state index >= 15 is 0 Å². The van der Waals surface area contributed by atoms with Gasteiger partial charge in [0.1, 0.15) is 11.5 Å². The van der Waals surface area contributed by atoms with Gasteiger partial charge >= 0.3 is 5.97 Å². The molecule has 0 heterocycles. The third-order valence-electron chi connectivity index (χ3n) is 3.46. The molecule has 2 aromatic carbocycles. The van der Waals surface area contributed by atoms with Crippen LogP contribution in [0.4, 0.5) is 0 Å². The molecule has 0 aliphatic heterocycles. The molecule has 0 fully saturated rings. The molecule has 24 heavy (non-hydrogen) atoms. The van der Waals surface area contributed by atoms with Crippen molar-refractivity contribution >= 4 is 33.5 Å². The van der Waals surface area contributed by atoms with Crippen molar-refractivity contribution in [3.8, 4) is 11.5 Å². The molecule has 128 valence electrons. The van der Waals surface area contributed by atoms with Gasteiger partial charge in [0.15, 0.2) is 6.61 Å². The highest BCUT2D eigenvalue weighted by Gasteiger charge is 2.20. The lowest BCUT2D eigenvalue weighted by Gasteiger charge is -2.23. The number of carbonyl (C=O) groups is 1. The minimum Gasteiger partial charge on any atom is -0.482 e. The lowest BCUT2D eigenvalue weighted by atomic mass is 9.86.